The molecule has 1 fully saturated rings. The highest BCUT2D eigenvalue weighted by Crippen LogP contribution is 2.34. The number of anilines is 1. The van der Waals surface area contributed by atoms with Gasteiger partial charge in [-0.05, 0) is 37.5 Å². The minimum atomic E-state index is -4.25. The van der Waals surface area contributed by atoms with Gasteiger partial charge in [0, 0.05) is 47.6 Å². The number of hydrogen-bond acceptors (Lipinski definition) is 7. The van der Waals surface area contributed by atoms with Crippen LogP contribution in [0.3, 0.4) is 0 Å². The van der Waals surface area contributed by atoms with Crippen molar-refractivity contribution in [2.45, 2.75) is 44.9 Å². The molecule has 0 atom stereocenters. The molecule has 0 aliphatic carbocycles. The predicted molar refractivity (Wildman–Crippen MR) is 133 cm³/mol. The van der Waals surface area contributed by atoms with Gasteiger partial charge in [0.05, 0.1) is 24.4 Å². The number of fused-ring (bicyclic) bond motifs is 2. The molecule has 0 radical (unpaired) electrons. The van der Waals surface area contributed by atoms with Gasteiger partial charge in [0.2, 0.25) is 0 Å². The lowest BCUT2D eigenvalue weighted by molar-refractivity contribution is -0.126. The number of ether oxygens (including phenoxy) is 1. The van der Waals surface area contributed by atoms with E-state index in [1.165, 1.54) is 6.33 Å². The number of aromatic nitrogens is 3. The van der Waals surface area contributed by atoms with Gasteiger partial charge in [0.1, 0.15) is 34.5 Å². The number of nitriles is 1. The first-order valence-corrected chi connectivity index (χ1v) is 12.4. The van der Waals surface area contributed by atoms with Crippen molar-refractivity contribution in [3.63, 3.8) is 0 Å². The molecule has 1 aromatic carbocycles. The minimum Gasteiger partial charge on any atom is -0.496 e. The largest absolute Gasteiger partial charge is 0.496 e. The lowest BCUT2D eigenvalue weighted by Gasteiger charge is -2.33. The summed E-state index contributed by atoms with van der Waals surface area (Å²) in [5.74, 6) is 1.38. The predicted octanol–water partition coefficient (Wildman–Crippen LogP) is 5.54. The molecule has 11 heteroatoms. The molecule has 4 heterocycles. The van der Waals surface area contributed by atoms with Crippen molar-refractivity contribution in [1.29, 1.82) is 5.26 Å². The number of likely N-dealkylation sites (tertiary alicyclic amines) is 1. The van der Waals surface area contributed by atoms with Crippen LogP contribution < -0.4 is 10.1 Å². The summed E-state index contributed by atoms with van der Waals surface area (Å²) < 4.78 is 44.2. The van der Waals surface area contributed by atoms with Gasteiger partial charge in [-0.3, -0.25) is 4.90 Å². The van der Waals surface area contributed by atoms with Gasteiger partial charge < -0.3 is 15.0 Å². The van der Waals surface area contributed by atoms with E-state index in [-0.39, 0.29) is 10.9 Å². The number of aromatic amines is 1. The van der Waals surface area contributed by atoms with E-state index < -0.39 is 12.6 Å². The molecule has 36 heavy (non-hydrogen) atoms. The average Bonchev–Trinajstić information content (AvgIpc) is 3.44. The number of H-pyrrole nitrogens is 1. The van der Waals surface area contributed by atoms with Gasteiger partial charge in [-0.2, -0.15) is 18.4 Å². The van der Waals surface area contributed by atoms with Gasteiger partial charge in [-0.25, -0.2) is 9.97 Å². The Labute approximate surface area is 209 Å². The van der Waals surface area contributed by atoms with Crippen LogP contribution in [0.25, 0.3) is 21.1 Å². The molecule has 0 spiro atoms. The smallest absolute Gasteiger partial charge is 0.393 e. The Morgan fingerprint density at radius 3 is 2.69 bits per heavy atom. The minimum absolute atomic E-state index is 0.165. The first kappa shape index (κ1) is 24.3. The Hall–Kier alpha value is -3.36. The van der Waals surface area contributed by atoms with Crippen molar-refractivity contribution in [2.24, 2.45) is 0 Å². The van der Waals surface area contributed by atoms with E-state index in [0.717, 1.165) is 71.6 Å². The summed E-state index contributed by atoms with van der Waals surface area (Å²) >= 11 is 1.06. The molecule has 0 saturated carbocycles. The zero-order valence-electron chi connectivity index (χ0n) is 19.9. The molecule has 5 rings (SSSR count). The first-order chi connectivity index (χ1) is 17.2. The normalized spacial score (nSPS) is 15.4. The number of piperidine rings is 1. The topological polar surface area (TPSA) is 89.9 Å². The fourth-order valence-electron chi connectivity index (χ4n) is 4.86. The lowest BCUT2D eigenvalue weighted by atomic mass is 10.00. The second-order valence-corrected chi connectivity index (χ2v) is 10.2. The molecular formula is C25H25F3N6OS. The number of alkyl halides is 3. The van der Waals surface area contributed by atoms with Gasteiger partial charge in [0.15, 0.2) is 0 Å². The van der Waals surface area contributed by atoms with E-state index >= 15 is 0 Å². The van der Waals surface area contributed by atoms with E-state index in [9.17, 15) is 18.4 Å². The van der Waals surface area contributed by atoms with Crippen molar-refractivity contribution in [3.05, 3.63) is 46.2 Å². The third kappa shape index (κ3) is 4.96. The van der Waals surface area contributed by atoms with Gasteiger partial charge in [0.25, 0.3) is 0 Å². The maximum absolute atomic E-state index is 12.8. The van der Waals surface area contributed by atoms with Crippen molar-refractivity contribution in [2.75, 3.05) is 25.5 Å². The maximum atomic E-state index is 12.8. The fraction of sp³-hybridized carbons (Fsp3) is 0.400. The SMILES string of the molecule is COc1cc2[nH]c(C#N)cc2c(C)c1CN1CCC(Nc2ncnc3sc(CC(F)(F)F)cc23)CC1. The number of hydrogen-bond donors (Lipinski definition) is 2. The Morgan fingerprint density at radius 1 is 1.22 bits per heavy atom. The summed E-state index contributed by atoms with van der Waals surface area (Å²) in [6.45, 7) is 4.49. The highest BCUT2D eigenvalue weighted by molar-refractivity contribution is 7.18. The number of thiophene rings is 1. The monoisotopic (exact) mass is 514 g/mol. The Kier molecular flexibility index (Phi) is 6.49. The van der Waals surface area contributed by atoms with Crippen molar-refractivity contribution >= 4 is 38.3 Å². The molecule has 4 aromatic rings. The molecular weight excluding hydrogens is 489 g/mol. The number of benzene rings is 1. The molecule has 7 nitrogen and oxygen atoms in total. The summed E-state index contributed by atoms with van der Waals surface area (Å²) in [6, 6.07) is 7.69. The summed E-state index contributed by atoms with van der Waals surface area (Å²) in [5, 5.41) is 14.3. The summed E-state index contributed by atoms with van der Waals surface area (Å²) in [7, 11) is 1.65. The van der Waals surface area contributed by atoms with Crippen LogP contribution in [0.1, 0.15) is 34.5 Å². The summed E-state index contributed by atoms with van der Waals surface area (Å²) in [5.41, 5.74) is 3.61. The highest BCUT2D eigenvalue weighted by Gasteiger charge is 2.29. The van der Waals surface area contributed by atoms with Crippen LogP contribution >= 0.6 is 11.3 Å². The third-order valence-corrected chi connectivity index (χ3v) is 7.73. The van der Waals surface area contributed by atoms with Crippen molar-refractivity contribution in [1.82, 2.24) is 19.9 Å². The molecule has 2 N–H and O–H groups in total. The second kappa shape index (κ2) is 9.59. The molecule has 188 valence electrons. The Bertz CT molecular complexity index is 1450. The van der Waals surface area contributed by atoms with Crippen LogP contribution in [0.15, 0.2) is 24.5 Å². The lowest BCUT2D eigenvalue weighted by Crippen LogP contribution is -2.39. The van der Waals surface area contributed by atoms with Crippen LogP contribution in [0.4, 0.5) is 19.0 Å². The van der Waals surface area contributed by atoms with Gasteiger partial charge in [-0.15, -0.1) is 11.3 Å². The fourth-order valence-corrected chi connectivity index (χ4v) is 5.88. The number of methoxy groups -OCH3 is 1. The molecule has 1 aliphatic heterocycles. The average molecular weight is 515 g/mol. The Morgan fingerprint density at radius 2 is 2.00 bits per heavy atom. The van der Waals surface area contributed by atoms with Crippen LogP contribution in [0.2, 0.25) is 0 Å². The van der Waals surface area contributed by atoms with E-state index in [1.54, 1.807) is 13.2 Å². The van der Waals surface area contributed by atoms with Crippen molar-refractivity contribution in [3.8, 4) is 11.8 Å². The number of nitrogens with one attached hydrogen (secondary N) is 2. The van der Waals surface area contributed by atoms with Crippen LogP contribution in [0, 0.1) is 18.3 Å². The summed E-state index contributed by atoms with van der Waals surface area (Å²) in [6.07, 6.45) is -2.06. The van der Waals surface area contributed by atoms with Gasteiger partial charge >= 0.3 is 6.18 Å². The number of aryl methyl sites for hydroxylation is 1. The standard InChI is InChI=1S/C25H25F3N6OS/c1-14-18-7-16(11-29)32-21(18)9-22(35-2)20(14)12-34-5-3-15(4-6-34)33-23-19-8-17(10-25(26,27)28)36-24(19)31-13-30-23/h7-9,13,15,32H,3-6,10,12H2,1-2H3,(H,30,31,33). The zero-order valence-corrected chi connectivity index (χ0v) is 20.7. The quantitative estimate of drug-likeness (QED) is 0.351. The van der Waals surface area contributed by atoms with Crippen LogP contribution in [-0.4, -0.2) is 52.3 Å². The number of nitrogens with zero attached hydrogens (tertiary/aromatic N) is 4. The van der Waals surface area contributed by atoms with E-state index in [2.05, 4.69) is 38.2 Å². The van der Waals surface area contributed by atoms with E-state index in [1.807, 2.05) is 12.1 Å². The Balaban J connectivity index is 1.27. The van der Waals surface area contributed by atoms with Gasteiger partial charge in [-0.1, -0.05) is 0 Å². The van der Waals surface area contributed by atoms with E-state index in [0.29, 0.717) is 21.7 Å². The van der Waals surface area contributed by atoms with Crippen LogP contribution in [0.5, 0.6) is 5.75 Å². The van der Waals surface area contributed by atoms with Crippen molar-refractivity contribution < 1.29 is 17.9 Å². The molecule has 1 aliphatic rings. The molecule has 0 unspecified atom stereocenters. The summed E-state index contributed by atoms with van der Waals surface area (Å²) in [4.78, 5) is 14.8. The molecule has 0 bridgehead atoms. The third-order valence-electron chi connectivity index (χ3n) is 6.68. The molecule has 1 saturated heterocycles. The maximum Gasteiger partial charge on any atom is 0.393 e. The van der Waals surface area contributed by atoms with E-state index in [4.69, 9.17) is 4.74 Å². The molecule has 0 amide bonds. The number of halogens is 3. The number of rotatable bonds is 6. The second-order valence-electron chi connectivity index (χ2n) is 9.08. The van der Waals surface area contributed by atoms with Crippen LogP contribution in [-0.2, 0) is 13.0 Å². The highest BCUT2D eigenvalue weighted by atomic mass is 32.1. The first-order valence-electron chi connectivity index (χ1n) is 11.6. The zero-order chi connectivity index (χ0) is 25.4. The molecule has 3 aromatic heterocycles.